The Bertz CT molecular complexity index is 199. The van der Waals surface area contributed by atoms with Crippen molar-refractivity contribution in [2.45, 2.75) is 0 Å². The fourth-order valence-corrected chi connectivity index (χ4v) is 0.348. The molecule has 0 radical (unpaired) electrons. The standard InChI is InChI=1S/C3H5NO3S/c1-2-3-4-8(5,6)7/h3-4H,1H2,(H,5,6,7). The summed E-state index contributed by atoms with van der Waals surface area (Å²) in [6, 6.07) is 0. The Balaban J connectivity index is 3.94. The third-order valence-corrected chi connectivity index (χ3v) is 0.726. The first-order chi connectivity index (χ1) is 3.56. The van der Waals surface area contributed by atoms with Crippen LogP contribution < -0.4 is 4.72 Å². The van der Waals surface area contributed by atoms with Crippen LogP contribution in [0, 0.1) is 0 Å². The topological polar surface area (TPSA) is 66.4 Å². The Morgan fingerprint density at radius 2 is 2.25 bits per heavy atom. The molecule has 0 aromatic carbocycles. The Morgan fingerprint density at radius 3 is 2.38 bits per heavy atom. The van der Waals surface area contributed by atoms with E-state index in [-0.39, 0.29) is 0 Å². The molecule has 0 spiro atoms. The van der Waals surface area contributed by atoms with Gasteiger partial charge in [0.15, 0.2) is 0 Å². The first-order valence-electron chi connectivity index (χ1n) is 1.65. The molecule has 46 valence electrons. The van der Waals surface area contributed by atoms with Gasteiger partial charge < -0.3 is 0 Å². The molecule has 0 aliphatic rings. The molecule has 0 heterocycles. The molecule has 0 rings (SSSR count). The van der Waals surface area contributed by atoms with Gasteiger partial charge in [-0.25, -0.2) is 0 Å². The van der Waals surface area contributed by atoms with Gasteiger partial charge in [0.05, 0.1) is 6.20 Å². The van der Waals surface area contributed by atoms with E-state index in [4.69, 9.17) is 4.55 Å². The Labute approximate surface area is 47.4 Å². The highest BCUT2D eigenvalue weighted by atomic mass is 32.2. The second-order valence-electron chi connectivity index (χ2n) is 0.941. The molecule has 0 saturated carbocycles. The van der Waals surface area contributed by atoms with E-state index >= 15 is 0 Å². The van der Waals surface area contributed by atoms with Crippen molar-refractivity contribution in [3.05, 3.63) is 18.5 Å². The van der Waals surface area contributed by atoms with E-state index in [1.54, 1.807) is 4.72 Å². The van der Waals surface area contributed by atoms with Gasteiger partial charge in [-0.15, -0.1) is 5.73 Å². The van der Waals surface area contributed by atoms with Crippen LogP contribution in [0.2, 0.25) is 0 Å². The summed E-state index contributed by atoms with van der Waals surface area (Å²) in [5.74, 6) is 0. The van der Waals surface area contributed by atoms with Crippen LogP contribution in [0.15, 0.2) is 18.5 Å². The second kappa shape index (κ2) is 2.52. The summed E-state index contributed by atoms with van der Waals surface area (Å²) in [6.07, 6.45) is 0.884. The maximum atomic E-state index is 9.74. The molecule has 0 unspecified atom stereocenters. The van der Waals surface area contributed by atoms with Crippen LogP contribution in [0.4, 0.5) is 0 Å². The van der Waals surface area contributed by atoms with E-state index in [0.29, 0.717) is 0 Å². The molecule has 0 fully saturated rings. The SMILES string of the molecule is C=C=CNS(=O)(=O)O. The highest BCUT2D eigenvalue weighted by Crippen LogP contribution is 1.68. The van der Waals surface area contributed by atoms with E-state index in [1.165, 1.54) is 0 Å². The van der Waals surface area contributed by atoms with E-state index in [2.05, 4.69) is 12.3 Å². The molecule has 0 saturated heterocycles. The predicted molar refractivity (Wildman–Crippen MR) is 28.4 cm³/mol. The van der Waals surface area contributed by atoms with Crippen LogP contribution in [0.5, 0.6) is 0 Å². The minimum absolute atomic E-state index is 0.884. The van der Waals surface area contributed by atoms with Crippen molar-refractivity contribution < 1.29 is 13.0 Å². The normalized spacial score (nSPS) is 9.62. The first kappa shape index (κ1) is 7.23. The molecule has 2 N–H and O–H groups in total. The van der Waals surface area contributed by atoms with Crippen LogP contribution in [0.3, 0.4) is 0 Å². The van der Waals surface area contributed by atoms with Crippen molar-refractivity contribution in [3.8, 4) is 0 Å². The molecule has 0 aliphatic heterocycles. The second-order valence-corrected chi connectivity index (χ2v) is 2.13. The third-order valence-electron chi connectivity index (χ3n) is 0.310. The smallest absolute Gasteiger partial charge is 0.269 e. The van der Waals surface area contributed by atoms with E-state index in [0.717, 1.165) is 6.20 Å². The zero-order valence-corrected chi connectivity index (χ0v) is 4.77. The number of hydrogen-bond donors (Lipinski definition) is 2. The lowest BCUT2D eigenvalue weighted by Crippen LogP contribution is -2.14. The minimum atomic E-state index is -4.09. The van der Waals surface area contributed by atoms with Gasteiger partial charge in [0.2, 0.25) is 0 Å². The fourth-order valence-electron chi connectivity index (χ4n) is 0.116. The number of hydrogen-bond acceptors (Lipinski definition) is 2. The molecule has 4 nitrogen and oxygen atoms in total. The molecule has 0 atom stereocenters. The van der Waals surface area contributed by atoms with Gasteiger partial charge in [-0.05, 0) is 0 Å². The fraction of sp³-hybridized carbons (Fsp3) is 0. The molecule has 0 aliphatic carbocycles. The summed E-state index contributed by atoms with van der Waals surface area (Å²) in [4.78, 5) is 0. The van der Waals surface area contributed by atoms with E-state index < -0.39 is 10.3 Å². The maximum Gasteiger partial charge on any atom is 0.357 e. The quantitative estimate of drug-likeness (QED) is 0.402. The first-order valence-corrected chi connectivity index (χ1v) is 3.09. The highest BCUT2D eigenvalue weighted by molar-refractivity contribution is 7.83. The number of rotatable bonds is 2. The molecule has 0 amide bonds. The van der Waals surface area contributed by atoms with Crippen molar-refractivity contribution in [2.75, 3.05) is 0 Å². The lowest BCUT2D eigenvalue weighted by atomic mass is 10.9. The predicted octanol–water partition coefficient (Wildman–Crippen LogP) is -0.323. The van der Waals surface area contributed by atoms with Crippen LogP contribution in [-0.4, -0.2) is 13.0 Å². The summed E-state index contributed by atoms with van der Waals surface area (Å²) in [5.41, 5.74) is 2.10. The summed E-state index contributed by atoms with van der Waals surface area (Å²) in [5, 5.41) is 0. The maximum absolute atomic E-state index is 9.74. The van der Waals surface area contributed by atoms with Gasteiger partial charge in [0.25, 0.3) is 0 Å². The molecule has 0 bridgehead atoms. The average Bonchev–Trinajstić information content (AvgIpc) is 1.59. The summed E-state index contributed by atoms with van der Waals surface area (Å²) in [7, 11) is -4.09. The molecular formula is C3H5NO3S. The Morgan fingerprint density at radius 1 is 1.75 bits per heavy atom. The Hall–Kier alpha value is -0.770. The van der Waals surface area contributed by atoms with Crippen molar-refractivity contribution >= 4 is 10.3 Å². The molecule has 5 heteroatoms. The zero-order chi connectivity index (χ0) is 6.62. The van der Waals surface area contributed by atoms with Crippen molar-refractivity contribution in [1.82, 2.24) is 4.72 Å². The number of nitrogens with one attached hydrogen (secondary N) is 1. The van der Waals surface area contributed by atoms with Gasteiger partial charge in [0.1, 0.15) is 0 Å². The summed E-state index contributed by atoms with van der Waals surface area (Å²) in [6.45, 7) is 3.05. The zero-order valence-electron chi connectivity index (χ0n) is 3.96. The van der Waals surface area contributed by atoms with E-state index in [9.17, 15) is 8.42 Å². The van der Waals surface area contributed by atoms with E-state index in [1.807, 2.05) is 0 Å². The molecule has 0 aromatic heterocycles. The summed E-state index contributed by atoms with van der Waals surface area (Å²) < 4.78 is 29.0. The molecular weight excluding hydrogens is 130 g/mol. The minimum Gasteiger partial charge on any atom is -0.269 e. The van der Waals surface area contributed by atoms with Crippen LogP contribution in [-0.2, 0) is 10.3 Å². The van der Waals surface area contributed by atoms with Gasteiger partial charge in [-0.1, -0.05) is 6.58 Å². The highest BCUT2D eigenvalue weighted by Gasteiger charge is 1.93. The van der Waals surface area contributed by atoms with Gasteiger partial charge in [-0.2, -0.15) is 8.42 Å². The third kappa shape index (κ3) is 5.23. The van der Waals surface area contributed by atoms with Crippen molar-refractivity contribution in [1.29, 1.82) is 0 Å². The lowest BCUT2D eigenvalue weighted by molar-refractivity contribution is 0.476. The van der Waals surface area contributed by atoms with Crippen LogP contribution in [0.1, 0.15) is 0 Å². The van der Waals surface area contributed by atoms with Crippen LogP contribution in [0.25, 0.3) is 0 Å². The van der Waals surface area contributed by atoms with Gasteiger partial charge >= 0.3 is 10.3 Å². The Kier molecular flexibility index (Phi) is 2.27. The average molecular weight is 135 g/mol. The van der Waals surface area contributed by atoms with Gasteiger partial charge in [0, 0.05) is 0 Å². The molecule has 0 aromatic rings. The largest absolute Gasteiger partial charge is 0.357 e. The van der Waals surface area contributed by atoms with Crippen LogP contribution >= 0.6 is 0 Å². The summed E-state index contributed by atoms with van der Waals surface area (Å²) >= 11 is 0. The lowest BCUT2D eigenvalue weighted by Gasteiger charge is -1.87. The van der Waals surface area contributed by atoms with Gasteiger partial charge in [-0.3, -0.25) is 9.27 Å². The molecule has 8 heavy (non-hydrogen) atoms. The monoisotopic (exact) mass is 135 g/mol. The van der Waals surface area contributed by atoms with Crippen molar-refractivity contribution in [2.24, 2.45) is 0 Å². The van der Waals surface area contributed by atoms with Crippen molar-refractivity contribution in [3.63, 3.8) is 0 Å².